The van der Waals surface area contributed by atoms with Gasteiger partial charge in [0.1, 0.15) is 0 Å². The van der Waals surface area contributed by atoms with Gasteiger partial charge in [-0.25, -0.2) is 0 Å². The highest BCUT2D eigenvalue weighted by Crippen LogP contribution is 2.28. The second-order valence-electron chi connectivity index (χ2n) is 2.36. The van der Waals surface area contributed by atoms with Crippen molar-refractivity contribution >= 4 is 17.1 Å². The van der Waals surface area contributed by atoms with Crippen LogP contribution in [-0.4, -0.2) is 4.92 Å². The van der Waals surface area contributed by atoms with Crippen LogP contribution < -0.4 is 16.4 Å². The molecular weight excluding hydrogens is 160 g/mol. The average molecular weight is 166 g/mol. The molecule has 62 valence electrons. The van der Waals surface area contributed by atoms with E-state index in [0.29, 0.717) is 5.69 Å². The molecule has 1 aliphatic heterocycles. The molecule has 6 nitrogen and oxygen atoms in total. The minimum atomic E-state index is -0.430. The van der Waals surface area contributed by atoms with Gasteiger partial charge in [-0.1, -0.05) is 0 Å². The van der Waals surface area contributed by atoms with Gasteiger partial charge in [0.15, 0.2) is 0 Å². The molecule has 0 fully saturated rings. The first-order valence-electron chi connectivity index (χ1n) is 3.33. The molecule has 12 heavy (non-hydrogen) atoms. The predicted molar refractivity (Wildman–Crippen MR) is 43.5 cm³/mol. The number of non-ortho nitro benzene ring substituents is 1. The van der Waals surface area contributed by atoms with Crippen LogP contribution in [-0.2, 0) is 0 Å². The third kappa shape index (κ3) is 0.940. The Labute approximate surface area is 67.7 Å². The van der Waals surface area contributed by atoms with E-state index in [2.05, 4.69) is 16.4 Å². The highest BCUT2D eigenvalue weighted by atomic mass is 16.6. The molecule has 0 spiro atoms. The van der Waals surface area contributed by atoms with Crippen molar-refractivity contribution in [1.29, 1.82) is 0 Å². The van der Waals surface area contributed by atoms with Crippen molar-refractivity contribution in [1.82, 2.24) is 5.53 Å². The fraction of sp³-hybridized carbons (Fsp3) is 0. The number of hydrogen-bond acceptors (Lipinski definition) is 5. The van der Waals surface area contributed by atoms with Crippen LogP contribution in [0.15, 0.2) is 18.2 Å². The molecule has 1 aliphatic rings. The SMILES string of the molecule is O=[N+]([O-])c1ccc2c(c1)NNN2. The summed E-state index contributed by atoms with van der Waals surface area (Å²) < 4.78 is 0. The first-order valence-corrected chi connectivity index (χ1v) is 3.33. The number of nitro groups is 1. The molecule has 6 heteroatoms. The monoisotopic (exact) mass is 166 g/mol. The molecule has 0 bridgehead atoms. The molecule has 3 N–H and O–H groups in total. The first-order chi connectivity index (χ1) is 5.77. The Balaban J connectivity index is 2.45. The maximum absolute atomic E-state index is 10.3. The van der Waals surface area contributed by atoms with E-state index in [-0.39, 0.29) is 5.69 Å². The lowest BCUT2D eigenvalue weighted by Gasteiger charge is -1.95. The number of nitro benzene ring substituents is 1. The Kier molecular flexibility index (Phi) is 1.34. The fourth-order valence-corrected chi connectivity index (χ4v) is 1.02. The molecule has 0 saturated heterocycles. The lowest BCUT2D eigenvalue weighted by atomic mass is 10.2. The smallest absolute Gasteiger partial charge is 0.271 e. The summed E-state index contributed by atoms with van der Waals surface area (Å²) in [5.41, 5.74) is 9.71. The summed E-state index contributed by atoms with van der Waals surface area (Å²) in [5.74, 6) is 0. The van der Waals surface area contributed by atoms with Crippen molar-refractivity contribution in [2.45, 2.75) is 0 Å². The molecule has 0 saturated carbocycles. The number of fused-ring (bicyclic) bond motifs is 1. The lowest BCUT2D eigenvalue weighted by Crippen LogP contribution is -2.19. The second-order valence-corrected chi connectivity index (χ2v) is 2.36. The van der Waals surface area contributed by atoms with E-state index < -0.39 is 4.92 Å². The average Bonchev–Trinajstić information content (AvgIpc) is 2.49. The van der Waals surface area contributed by atoms with E-state index in [9.17, 15) is 10.1 Å². The van der Waals surface area contributed by atoms with E-state index >= 15 is 0 Å². The second kappa shape index (κ2) is 2.35. The zero-order valence-corrected chi connectivity index (χ0v) is 6.00. The summed E-state index contributed by atoms with van der Waals surface area (Å²) >= 11 is 0. The Morgan fingerprint density at radius 2 is 2.00 bits per heavy atom. The molecule has 1 heterocycles. The van der Waals surface area contributed by atoms with Gasteiger partial charge in [0, 0.05) is 12.1 Å². The number of anilines is 2. The molecule has 1 aromatic carbocycles. The number of rotatable bonds is 1. The Morgan fingerprint density at radius 3 is 2.75 bits per heavy atom. The molecule has 1 aromatic rings. The minimum absolute atomic E-state index is 0.0757. The zero-order valence-electron chi connectivity index (χ0n) is 6.00. The minimum Gasteiger partial charge on any atom is -0.302 e. The van der Waals surface area contributed by atoms with Gasteiger partial charge >= 0.3 is 0 Å². The maximum atomic E-state index is 10.3. The number of benzene rings is 1. The zero-order chi connectivity index (χ0) is 8.55. The Bertz CT molecular complexity index is 338. The van der Waals surface area contributed by atoms with Gasteiger partial charge in [-0.3, -0.25) is 10.1 Å². The van der Waals surface area contributed by atoms with Gasteiger partial charge in [-0.2, -0.15) is 0 Å². The highest BCUT2D eigenvalue weighted by molar-refractivity contribution is 5.74. The van der Waals surface area contributed by atoms with Crippen LogP contribution in [0.1, 0.15) is 0 Å². The molecule has 0 atom stereocenters. The van der Waals surface area contributed by atoms with Gasteiger partial charge in [-0.05, 0) is 6.07 Å². The molecule has 0 aliphatic carbocycles. The van der Waals surface area contributed by atoms with Crippen molar-refractivity contribution < 1.29 is 4.92 Å². The fourth-order valence-electron chi connectivity index (χ4n) is 1.02. The van der Waals surface area contributed by atoms with Crippen LogP contribution in [0.4, 0.5) is 17.1 Å². The molecule has 0 radical (unpaired) electrons. The predicted octanol–water partition coefficient (Wildman–Crippen LogP) is 0.852. The van der Waals surface area contributed by atoms with Gasteiger partial charge in [0.05, 0.1) is 16.3 Å². The highest BCUT2D eigenvalue weighted by Gasteiger charge is 2.13. The summed E-state index contributed by atoms with van der Waals surface area (Å²) in [5, 5.41) is 10.3. The number of nitrogens with one attached hydrogen (secondary N) is 3. The van der Waals surface area contributed by atoms with Crippen LogP contribution in [0.25, 0.3) is 0 Å². The van der Waals surface area contributed by atoms with Crippen molar-refractivity contribution in [2.24, 2.45) is 0 Å². The third-order valence-corrected chi connectivity index (χ3v) is 1.61. The van der Waals surface area contributed by atoms with Crippen molar-refractivity contribution in [3.05, 3.63) is 28.3 Å². The number of hydrazine groups is 2. The maximum Gasteiger partial charge on any atom is 0.271 e. The van der Waals surface area contributed by atoms with Crippen LogP contribution in [0, 0.1) is 10.1 Å². The summed E-state index contributed by atoms with van der Waals surface area (Å²) in [6.07, 6.45) is 0. The normalized spacial score (nSPS) is 13.0. The molecular formula is C6H6N4O2. The van der Waals surface area contributed by atoms with Crippen LogP contribution in [0.5, 0.6) is 0 Å². The van der Waals surface area contributed by atoms with E-state index in [0.717, 1.165) is 5.69 Å². The van der Waals surface area contributed by atoms with Crippen molar-refractivity contribution in [2.75, 3.05) is 10.9 Å². The summed E-state index contributed by atoms with van der Waals surface area (Å²) in [6.45, 7) is 0. The standard InChI is InChI=1S/C6H6N4O2/c11-10(12)4-1-2-5-6(3-4)8-9-7-5/h1-3,7-9H. The molecule has 2 rings (SSSR count). The lowest BCUT2D eigenvalue weighted by molar-refractivity contribution is -0.384. The summed E-state index contributed by atoms with van der Waals surface area (Å²) in [7, 11) is 0. The Morgan fingerprint density at radius 1 is 1.25 bits per heavy atom. The van der Waals surface area contributed by atoms with Gasteiger partial charge < -0.3 is 10.9 Å². The van der Waals surface area contributed by atoms with Crippen LogP contribution in [0.2, 0.25) is 0 Å². The quantitative estimate of drug-likeness (QED) is 0.425. The molecule has 0 aromatic heterocycles. The van der Waals surface area contributed by atoms with E-state index in [1.807, 2.05) is 0 Å². The van der Waals surface area contributed by atoms with E-state index in [1.54, 1.807) is 6.07 Å². The Hall–Kier alpha value is -1.82. The van der Waals surface area contributed by atoms with Gasteiger partial charge in [0.25, 0.3) is 5.69 Å². The van der Waals surface area contributed by atoms with Crippen molar-refractivity contribution in [3.8, 4) is 0 Å². The van der Waals surface area contributed by atoms with E-state index in [4.69, 9.17) is 0 Å². The van der Waals surface area contributed by atoms with Gasteiger partial charge in [0.2, 0.25) is 0 Å². The molecule has 0 unspecified atom stereocenters. The van der Waals surface area contributed by atoms with Crippen molar-refractivity contribution in [3.63, 3.8) is 0 Å². The first kappa shape index (κ1) is 6.86. The van der Waals surface area contributed by atoms with Gasteiger partial charge in [-0.15, -0.1) is 5.53 Å². The summed E-state index contributed by atoms with van der Waals surface area (Å²) in [6, 6.07) is 4.54. The molecule has 0 amide bonds. The topological polar surface area (TPSA) is 79.2 Å². The van der Waals surface area contributed by atoms with Crippen LogP contribution >= 0.6 is 0 Å². The number of nitrogens with zero attached hydrogens (tertiary/aromatic N) is 1. The third-order valence-electron chi connectivity index (χ3n) is 1.61. The van der Waals surface area contributed by atoms with E-state index in [1.165, 1.54) is 12.1 Å². The number of hydrogen-bond donors (Lipinski definition) is 3. The summed E-state index contributed by atoms with van der Waals surface area (Å²) in [4.78, 5) is 9.91. The largest absolute Gasteiger partial charge is 0.302 e. The van der Waals surface area contributed by atoms with Crippen LogP contribution in [0.3, 0.4) is 0 Å².